The van der Waals surface area contributed by atoms with E-state index in [0.717, 1.165) is 11.1 Å². The topological polar surface area (TPSA) is 119 Å². The third kappa shape index (κ3) is 8.98. The number of ether oxygens (including phenoxy) is 1. The van der Waals surface area contributed by atoms with E-state index in [4.69, 9.17) is 14.5 Å². The van der Waals surface area contributed by atoms with Gasteiger partial charge in [0.25, 0.3) is 0 Å². The second kappa shape index (κ2) is 12.6. The molecule has 0 spiro atoms. The van der Waals surface area contributed by atoms with E-state index < -0.39 is 23.0 Å². The molecule has 0 aliphatic rings. The number of Topliss-reactive ketones (excluding diaryl/α,β-unsaturated/α-hetero) is 1. The minimum atomic E-state index is -3.03. The highest BCUT2D eigenvalue weighted by atomic mass is 31.1. The van der Waals surface area contributed by atoms with Crippen LogP contribution in [-0.2, 0) is 22.9 Å². The smallest absolute Gasteiger partial charge is 0.324 e. The largest absolute Gasteiger partial charge is 0.700 e. The predicted octanol–water partition coefficient (Wildman–Crippen LogP) is 4.73. The van der Waals surface area contributed by atoms with Gasteiger partial charge in [-0.15, -0.1) is 9.79 Å². The van der Waals surface area contributed by atoms with Crippen LogP contribution in [0.2, 0.25) is 0 Å². The Labute approximate surface area is 170 Å². The minimum absolute atomic E-state index is 0.0460. The van der Waals surface area contributed by atoms with Crippen molar-refractivity contribution < 1.29 is 37.5 Å². The fourth-order valence-electron chi connectivity index (χ4n) is 2.59. The van der Waals surface area contributed by atoms with Gasteiger partial charge in [0.2, 0.25) is 0 Å². The van der Waals surface area contributed by atoms with Crippen molar-refractivity contribution in [1.29, 1.82) is 0 Å². The summed E-state index contributed by atoms with van der Waals surface area (Å²) in [6.07, 6.45) is 2.20. The van der Waals surface area contributed by atoms with E-state index in [1.165, 1.54) is 0 Å². The fourth-order valence-corrected chi connectivity index (χ4v) is 3.17. The molecule has 2 unspecified atom stereocenters. The Balaban J connectivity index is 1.69. The van der Waals surface area contributed by atoms with Gasteiger partial charge in [0.15, 0.2) is 5.78 Å². The SMILES string of the molecule is O=C(CCCCCOC(O[P+](=O)O)O[P+](=O)O)c1ccc(-c2ccccc2)cc1. The molecule has 10 heteroatoms. The first kappa shape index (κ1) is 23.4. The van der Waals surface area contributed by atoms with Crippen LogP contribution in [0.4, 0.5) is 0 Å². The zero-order valence-corrected chi connectivity index (χ0v) is 17.3. The van der Waals surface area contributed by atoms with Crippen LogP contribution in [0.15, 0.2) is 54.6 Å². The van der Waals surface area contributed by atoms with Crippen LogP contribution in [0.3, 0.4) is 0 Å². The quantitative estimate of drug-likeness (QED) is 0.199. The average molecular weight is 440 g/mol. The van der Waals surface area contributed by atoms with Gasteiger partial charge >= 0.3 is 23.0 Å². The van der Waals surface area contributed by atoms with Crippen molar-refractivity contribution in [1.82, 2.24) is 0 Å². The van der Waals surface area contributed by atoms with Gasteiger partial charge in [-0.1, -0.05) is 70.1 Å². The number of carbonyl (C=O) groups excluding carboxylic acids is 1. The molecule has 0 fully saturated rings. The first-order valence-electron chi connectivity index (χ1n) is 8.92. The van der Waals surface area contributed by atoms with E-state index in [1.54, 1.807) is 0 Å². The van der Waals surface area contributed by atoms with Crippen LogP contribution in [0.25, 0.3) is 11.1 Å². The average Bonchev–Trinajstić information content (AvgIpc) is 2.70. The van der Waals surface area contributed by atoms with Gasteiger partial charge in [-0.3, -0.25) is 4.79 Å². The number of hydrogen-bond acceptors (Lipinski definition) is 6. The van der Waals surface area contributed by atoms with E-state index in [-0.39, 0.29) is 12.4 Å². The van der Waals surface area contributed by atoms with Gasteiger partial charge < -0.3 is 4.74 Å². The first-order valence-corrected chi connectivity index (χ1v) is 11.2. The molecule has 0 amide bonds. The molecule has 2 aromatic rings. The van der Waals surface area contributed by atoms with Crippen LogP contribution >= 0.6 is 16.5 Å². The molecular weight excluding hydrogens is 418 g/mol. The number of unbranched alkanes of at least 4 members (excludes halogenated alkanes) is 2. The molecule has 0 radical (unpaired) electrons. The van der Waals surface area contributed by atoms with E-state index >= 15 is 0 Å². The summed E-state index contributed by atoms with van der Waals surface area (Å²) in [4.78, 5) is 29.6. The molecule has 0 aromatic heterocycles. The Kier molecular flexibility index (Phi) is 10.2. The van der Waals surface area contributed by atoms with Gasteiger partial charge in [0, 0.05) is 21.1 Å². The van der Waals surface area contributed by atoms with Crippen molar-refractivity contribution in [2.75, 3.05) is 6.61 Å². The molecule has 0 heterocycles. The number of ketones is 1. The zero-order valence-electron chi connectivity index (χ0n) is 15.5. The summed E-state index contributed by atoms with van der Waals surface area (Å²) in [6.45, 7) is -1.61. The fraction of sp³-hybridized carbons (Fsp3) is 0.316. The Morgan fingerprint density at radius 3 is 2.00 bits per heavy atom. The third-order valence-corrected chi connectivity index (χ3v) is 4.67. The summed E-state index contributed by atoms with van der Waals surface area (Å²) in [5.74, 6) is 0.0460. The first-order chi connectivity index (χ1) is 14.0. The van der Waals surface area contributed by atoms with Gasteiger partial charge in [-0.25, -0.2) is 0 Å². The Hall–Kier alpha value is -1.89. The van der Waals surface area contributed by atoms with Crippen molar-refractivity contribution in [2.24, 2.45) is 0 Å². The van der Waals surface area contributed by atoms with Crippen LogP contribution in [0.5, 0.6) is 0 Å². The second-order valence-corrected chi connectivity index (χ2v) is 7.40. The summed E-state index contributed by atoms with van der Waals surface area (Å²) >= 11 is 0. The minimum Gasteiger partial charge on any atom is -0.324 e. The highest BCUT2D eigenvalue weighted by molar-refractivity contribution is 7.32. The highest BCUT2D eigenvalue weighted by Gasteiger charge is 2.33. The molecule has 0 bridgehead atoms. The summed E-state index contributed by atoms with van der Waals surface area (Å²) in [5, 5.41) is 0. The summed E-state index contributed by atoms with van der Waals surface area (Å²) in [6, 6.07) is 17.4. The molecule has 8 nitrogen and oxygen atoms in total. The summed E-state index contributed by atoms with van der Waals surface area (Å²) in [5.41, 5.74) is 2.79. The van der Waals surface area contributed by atoms with Crippen molar-refractivity contribution in [3.05, 3.63) is 60.2 Å². The maximum atomic E-state index is 12.3. The lowest BCUT2D eigenvalue weighted by atomic mass is 10.0. The number of hydrogen-bond donors (Lipinski definition) is 2. The van der Waals surface area contributed by atoms with Gasteiger partial charge in [0.1, 0.15) is 0 Å². The molecule has 0 aliphatic heterocycles. The van der Waals surface area contributed by atoms with Crippen LogP contribution in [-0.4, -0.2) is 28.7 Å². The standard InChI is InChI=1S/C19H20O8P2/c20-18(17-12-10-16(11-13-17)15-7-3-1-4-8-15)9-5-2-6-14-25-19(26-28(21)22)27-29(23)24/h1,3-4,7-8,10-13,19H,2,5-6,9,14H2/p+2. The Morgan fingerprint density at radius 1 is 0.828 bits per heavy atom. The molecule has 0 saturated heterocycles. The molecule has 0 saturated carbocycles. The maximum Gasteiger partial charge on any atom is 0.700 e. The Bertz CT molecular complexity index is 795. The molecule has 2 N–H and O–H groups in total. The van der Waals surface area contributed by atoms with Crippen molar-refractivity contribution in [3.63, 3.8) is 0 Å². The third-order valence-electron chi connectivity index (χ3n) is 3.97. The van der Waals surface area contributed by atoms with Crippen molar-refractivity contribution in [2.45, 2.75) is 32.2 Å². The monoisotopic (exact) mass is 440 g/mol. The van der Waals surface area contributed by atoms with E-state index in [9.17, 15) is 13.9 Å². The Morgan fingerprint density at radius 2 is 1.41 bits per heavy atom. The lowest BCUT2D eigenvalue weighted by molar-refractivity contribution is -0.200. The lowest BCUT2D eigenvalue weighted by Gasteiger charge is -2.06. The van der Waals surface area contributed by atoms with E-state index in [1.807, 2.05) is 54.6 Å². The molecule has 154 valence electrons. The second-order valence-electron chi connectivity index (χ2n) is 6.02. The maximum absolute atomic E-state index is 12.3. The van der Waals surface area contributed by atoms with E-state index in [0.29, 0.717) is 31.2 Å². The number of carbonyl (C=O) groups is 1. The molecule has 2 aromatic carbocycles. The molecular formula is C19H22O8P2+2. The summed E-state index contributed by atoms with van der Waals surface area (Å²) < 4.78 is 34.8. The molecule has 29 heavy (non-hydrogen) atoms. The van der Waals surface area contributed by atoms with E-state index in [2.05, 4.69) is 9.05 Å². The van der Waals surface area contributed by atoms with Gasteiger partial charge in [0.05, 0.1) is 6.61 Å². The number of benzene rings is 2. The van der Waals surface area contributed by atoms with Gasteiger partial charge in [-0.2, -0.15) is 0 Å². The predicted molar refractivity (Wildman–Crippen MR) is 106 cm³/mol. The normalized spacial score (nSPS) is 13.0. The highest BCUT2D eigenvalue weighted by Crippen LogP contribution is 2.27. The van der Waals surface area contributed by atoms with Gasteiger partial charge in [-0.05, 0) is 24.0 Å². The molecule has 0 aliphatic carbocycles. The summed E-state index contributed by atoms with van der Waals surface area (Å²) in [7, 11) is -6.07. The van der Waals surface area contributed by atoms with Crippen molar-refractivity contribution in [3.8, 4) is 11.1 Å². The lowest BCUT2D eigenvalue weighted by Crippen LogP contribution is -2.16. The number of rotatable bonds is 13. The zero-order chi connectivity index (χ0) is 21.1. The van der Waals surface area contributed by atoms with Crippen LogP contribution in [0, 0.1) is 0 Å². The van der Waals surface area contributed by atoms with Crippen molar-refractivity contribution >= 4 is 22.3 Å². The van der Waals surface area contributed by atoms with Crippen LogP contribution < -0.4 is 0 Å². The molecule has 2 atom stereocenters. The van der Waals surface area contributed by atoms with Crippen LogP contribution in [0.1, 0.15) is 36.0 Å². The molecule has 2 rings (SSSR count).